The molecule has 0 radical (unpaired) electrons. The monoisotopic (exact) mass is 314 g/mol. The Morgan fingerprint density at radius 2 is 2.44 bits per heavy atom. The van der Waals surface area contributed by atoms with Crippen molar-refractivity contribution in [3.63, 3.8) is 0 Å². The number of rotatable bonds is 4. The lowest BCUT2D eigenvalue weighted by atomic mass is 10.3. The number of nitrogens with zero attached hydrogens (tertiary/aromatic N) is 2. The molecule has 1 unspecified atom stereocenters. The third kappa shape index (κ3) is 3.43. The lowest BCUT2D eigenvalue weighted by Gasteiger charge is -2.16. The van der Waals surface area contributed by atoms with Crippen LogP contribution in [-0.2, 0) is 9.53 Å². The van der Waals surface area contributed by atoms with Crippen molar-refractivity contribution in [1.82, 2.24) is 9.88 Å². The Morgan fingerprint density at radius 1 is 1.61 bits per heavy atom. The van der Waals surface area contributed by atoms with Crippen molar-refractivity contribution in [3.05, 3.63) is 22.9 Å². The molecule has 18 heavy (non-hydrogen) atoms. The molecular formula is C12H15BrN2O3. The fourth-order valence-corrected chi connectivity index (χ4v) is 2.26. The van der Waals surface area contributed by atoms with Crippen LogP contribution in [0.5, 0.6) is 5.75 Å². The molecule has 0 bridgehead atoms. The second-order valence-corrected chi connectivity index (χ2v) is 5.06. The highest BCUT2D eigenvalue weighted by Gasteiger charge is 2.27. The Labute approximate surface area is 114 Å². The summed E-state index contributed by atoms with van der Waals surface area (Å²) in [7, 11) is 1.52. The van der Waals surface area contributed by atoms with Crippen LogP contribution in [0.3, 0.4) is 0 Å². The summed E-state index contributed by atoms with van der Waals surface area (Å²) < 4.78 is 11.5. The molecule has 1 aromatic heterocycles. The molecule has 1 fully saturated rings. The van der Waals surface area contributed by atoms with E-state index in [1.54, 1.807) is 17.3 Å². The van der Waals surface area contributed by atoms with E-state index in [2.05, 4.69) is 20.9 Å². The summed E-state index contributed by atoms with van der Waals surface area (Å²) in [6, 6.07) is 1.87. The Balaban J connectivity index is 1.88. The van der Waals surface area contributed by atoms with Crippen LogP contribution in [0.15, 0.2) is 22.9 Å². The predicted octanol–water partition coefficient (Wildman–Crippen LogP) is 1.47. The number of hydrogen-bond acceptors (Lipinski definition) is 4. The van der Waals surface area contributed by atoms with E-state index in [9.17, 15) is 4.79 Å². The van der Waals surface area contributed by atoms with E-state index < -0.39 is 0 Å². The SMILES string of the molecule is COCC(=O)N1CCC(Oc2cncc(Br)c2)C1. The van der Waals surface area contributed by atoms with Crippen molar-refractivity contribution in [2.75, 3.05) is 26.8 Å². The van der Waals surface area contributed by atoms with Gasteiger partial charge < -0.3 is 14.4 Å². The van der Waals surface area contributed by atoms with E-state index in [0.29, 0.717) is 13.1 Å². The first-order chi connectivity index (χ1) is 8.69. The molecule has 1 aromatic rings. The topological polar surface area (TPSA) is 51.7 Å². The van der Waals surface area contributed by atoms with Gasteiger partial charge in [-0.15, -0.1) is 0 Å². The minimum absolute atomic E-state index is 0.0102. The van der Waals surface area contributed by atoms with Crippen LogP contribution >= 0.6 is 15.9 Å². The zero-order chi connectivity index (χ0) is 13.0. The van der Waals surface area contributed by atoms with Crippen molar-refractivity contribution in [2.24, 2.45) is 0 Å². The first kappa shape index (κ1) is 13.3. The minimum atomic E-state index is 0.0102. The van der Waals surface area contributed by atoms with Crippen molar-refractivity contribution < 1.29 is 14.3 Å². The van der Waals surface area contributed by atoms with E-state index in [1.807, 2.05) is 6.07 Å². The molecule has 1 amide bonds. The molecule has 1 atom stereocenters. The summed E-state index contributed by atoms with van der Waals surface area (Å²) in [5.41, 5.74) is 0. The predicted molar refractivity (Wildman–Crippen MR) is 69.4 cm³/mol. The molecule has 0 spiro atoms. The average molecular weight is 315 g/mol. The first-order valence-corrected chi connectivity index (χ1v) is 6.52. The molecule has 1 aliphatic rings. The minimum Gasteiger partial charge on any atom is -0.487 e. The van der Waals surface area contributed by atoms with Gasteiger partial charge in [-0.2, -0.15) is 0 Å². The molecule has 0 N–H and O–H groups in total. The highest BCUT2D eigenvalue weighted by molar-refractivity contribution is 9.10. The summed E-state index contributed by atoms with van der Waals surface area (Å²) >= 11 is 3.34. The highest BCUT2D eigenvalue weighted by Crippen LogP contribution is 2.20. The second kappa shape index (κ2) is 6.15. The van der Waals surface area contributed by atoms with Gasteiger partial charge >= 0.3 is 0 Å². The Kier molecular flexibility index (Phi) is 4.54. The Bertz CT molecular complexity index is 428. The van der Waals surface area contributed by atoms with Gasteiger partial charge in [-0.05, 0) is 22.0 Å². The molecule has 0 saturated carbocycles. The van der Waals surface area contributed by atoms with Crippen LogP contribution in [0, 0.1) is 0 Å². The fraction of sp³-hybridized carbons (Fsp3) is 0.500. The third-order valence-electron chi connectivity index (χ3n) is 2.75. The first-order valence-electron chi connectivity index (χ1n) is 5.73. The molecular weight excluding hydrogens is 300 g/mol. The Hall–Kier alpha value is -1.14. The number of hydrogen-bond donors (Lipinski definition) is 0. The summed E-state index contributed by atoms with van der Waals surface area (Å²) in [5.74, 6) is 0.728. The van der Waals surface area contributed by atoms with Crippen molar-refractivity contribution in [1.29, 1.82) is 0 Å². The van der Waals surface area contributed by atoms with Crippen LogP contribution in [0.2, 0.25) is 0 Å². The van der Waals surface area contributed by atoms with Crippen LogP contribution < -0.4 is 4.74 Å². The molecule has 2 heterocycles. The van der Waals surface area contributed by atoms with Gasteiger partial charge in [-0.25, -0.2) is 0 Å². The number of pyridine rings is 1. The standard InChI is InChI=1S/C12H15BrN2O3/c1-17-8-12(16)15-3-2-10(7-15)18-11-4-9(13)5-14-6-11/h4-6,10H,2-3,7-8H2,1H3. The van der Waals surface area contributed by atoms with Crippen LogP contribution in [0.4, 0.5) is 0 Å². The van der Waals surface area contributed by atoms with Gasteiger partial charge in [0.15, 0.2) is 0 Å². The number of likely N-dealkylation sites (tertiary alicyclic amines) is 1. The van der Waals surface area contributed by atoms with E-state index in [4.69, 9.17) is 9.47 Å². The molecule has 0 aliphatic carbocycles. The maximum absolute atomic E-state index is 11.6. The average Bonchev–Trinajstić information content (AvgIpc) is 2.78. The molecule has 98 valence electrons. The molecule has 5 nitrogen and oxygen atoms in total. The van der Waals surface area contributed by atoms with Crippen molar-refractivity contribution >= 4 is 21.8 Å². The molecule has 6 heteroatoms. The number of ether oxygens (including phenoxy) is 2. The summed E-state index contributed by atoms with van der Waals surface area (Å²) in [6.45, 7) is 1.45. The van der Waals surface area contributed by atoms with Gasteiger partial charge in [0.1, 0.15) is 18.5 Å². The summed E-state index contributed by atoms with van der Waals surface area (Å²) in [4.78, 5) is 17.4. The molecule has 1 saturated heterocycles. The van der Waals surface area contributed by atoms with E-state index in [1.165, 1.54) is 7.11 Å². The highest BCUT2D eigenvalue weighted by atomic mass is 79.9. The lowest BCUT2D eigenvalue weighted by molar-refractivity contribution is -0.134. The number of halogens is 1. The van der Waals surface area contributed by atoms with Gasteiger partial charge in [0.25, 0.3) is 0 Å². The zero-order valence-corrected chi connectivity index (χ0v) is 11.7. The zero-order valence-electron chi connectivity index (χ0n) is 10.1. The number of amides is 1. The van der Waals surface area contributed by atoms with Gasteiger partial charge in [0, 0.05) is 30.7 Å². The van der Waals surface area contributed by atoms with Crippen molar-refractivity contribution in [3.8, 4) is 5.75 Å². The third-order valence-corrected chi connectivity index (χ3v) is 3.18. The van der Waals surface area contributed by atoms with Gasteiger partial charge in [0.2, 0.25) is 5.91 Å². The van der Waals surface area contributed by atoms with Gasteiger partial charge in [0.05, 0.1) is 12.7 Å². The van der Waals surface area contributed by atoms with Crippen LogP contribution in [-0.4, -0.2) is 48.7 Å². The van der Waals surface area contributed by atoms with E-state index >= 15 is 0 Å². The number of aromatic nitrogens is 1. The number of carbonyl (C=O) groups excluding carboxylic acids is 1. The van der Waals surface area contributed by atoms with Crippen LogP contribution in [0.25, 0.3) is 0 Å². The molecule has 2 rings (SSSR count). The number of methoxy groups -OCH3 is 1. The summed E-state index contributed by atoms with van der Waals surface area (Å²) in [5, 5.41) is 0. The Morgan fingerprint density at radius 3 is 3.17 bits per heavy atom. The number of carbonyl (C=O) groups is 1. The molecule has 0 aromatic carbocycles. The normalized spacial score (nSPS) is 19.0. The molecule has 1 aliphatic heterocycles. The maximum Gasteiger partial charge on any atom is 0.248 e. The summed E-state index contributed by atoms with van der Waals surface area (Å²) in [6.07, 6.45) is 4.24. The second-order valence-electron chi connectivity index (χ2n) is 4.14. The largest absolute Gasteiger partial charge is 0.487 e. The maximum atomic E-state index is 11.6. The van der Waals surface area contributed by atoms with Gasteiger partial charge in [-0.1, -0.05) is 0 Å². The lowest BCUT2D eigenvalue weighted by Crippen LogP contribution is -2.33. The van der Waals surface area contributed by atoms with Crippen molar-refractivity contribution in [2.45, 2.75) is 12.5 Å². The quantitative estimate of drug-likeness (QED) is 0.844. The fourth-order valence-electron chi connectivity index (χ4n) is 1.91. The van der Waals surface area contributed by atoms with Gasteiger partial charge in [-0.3, -0.25) is 9.78 Å². The van der Waals surface area contributed by atoms with E-state index in [-0.39, 0.29) is 18.6 Å². The van der Waals surface area contributed by atoms with E-state index in [0.717, 1.165) is 16.6 Å². The smallest absolute Gasteiger partial charge is 0.248 e. The van der Waals surface area contributed by atoms with Crippen LogP contribution in [0.1, 0.15) is 6.42 Å².